The van der Waals surface area contributed by atoms with Crippen LogP contribution in [0, 0.1) is 16.0 Å². The number of aldehydes is 1. The van der Waals surface area contributed by atoms with Crippen molar-refractivity contribution in [2.24, 2.45) is 5.92 Å². The van der Waals surface area contributed by atoms with Crippen molar-refractivity contribution >= 4 is 17.7 Å². The van der Waals surface area contributed by atoms with Crippen LogP contribution < -0.4 is 4.90 Å². The van der Waals surface area contributed by atoms with E-state index in [1.165, 1.54) is 6.07 Å². The van der Waals surface area contributed by atoms with E-state index >= 15 is 0 Å². The first-order chi connectivity index (χ1) is 9.52. The number of carbonyl (C=O) groups is 1. The van der Waals surface area contributed by atoms with Gasteiger partial charge in [0.1, 0.15) is 12.0 Å². The summed E-state index contributed by atoms with van der Waals surface area (Å²) in [6, 6.07) is 4.53. The zero-order chi connectivity index (χ0) is 14.7. The van der Waals surface area contributed by atoms with E-state index in [1.807, 2.05) is 4.90 Å². The van der Waals surface area contributed by atoms with Gasteiger partial charge >= 0.3 is 0 Å². The molecule has 1 N–H and O–H groups in total. The molecular weight excluding hydrogens is 260 g/mol. The summed E-state index contributed by atoms with van der Waals surface area (Å²) in [5, 5.41) is 20.7. The Bertz CT molecular complexity index is 508. The third-order valence-electron chi connectivity index (χ3n) is 3.89. The average Bonchev–Trinajstić information content (AvgIpc) is 2.46. The average molecular weight is 278 g/mol. The summed E-state index contributed by atoms with van der Waals surface area (Å²) in [5.74, 6) is 0.250. The summed E-state index contributed by atoms with van der Waals surface area (Å²) in [5.41, 5.74) is 0.814. The number of nitrogens with zero attached hydrogens (tertiary/aromatic N) is 2. The van der Waals surface area contributed by atoms with E-state index in [0.717, 1.165) is 12.8 Å². The molecule has 1 aliphatic heterocycles. The molecule has 1 atom stereocenters. The summed E-state index contributed by atoms with van der Waals surface area (Å²) in [4.78, 5) is 23.3. The van der Waals surface area contributed by atoms with Crippen molar-refractivity contribution in [2.75, 3.05) is 18.0 Å². The number of hydrogen-bond acceptors (Lipinski definition) is 5. The second-order valence-corrected chi connectivity index (χ2v) is 5.19. The summed E-state index contributed by atoms with van der Waals surface area (Å²) in [7, 11) is 0. The van der Waals surface area contributed by atoms with E-state index in [2.05, 4.69) is 0 Å². The zero-order valence-corrected chi connectivity index (χ0v) is 11.4. The second-order valence-electron chi connectivity index (χ2n) is 5.19. The van der Waals surface area contributed by atoms with Gasteiger partial charge in [-0.25, -0.2) is 0 Å². The van der Waals surface area contributed by atoms with Gasteiger partial charge < -0.3 is 10.0 Å². The minimum Gasteiger partial charge on any atom is -0.393 e. The lowest BCUT2D eigenvalue weighted by molar-refractivity contribution is -0.384. The Balaban J connectivity index is 2.21. The van der Waals surface area contributed by atoms with Crippen molar-refractivity contribution in [1.82, 2.24) is 0 Å². The standard InChI is InChI=1S/C14H18N2O4/c1-10(18)12-4-6-15(7-5-12)13-3-2-11(9-17)8-14(13)16(19)20/h2-3,8-10,12,18H,4-7H2,1H3. The summed E-state index contributed by atoms with van der Waals surface area (Å²) < 4.78 is 0. The van der Waals surface area contributed by atoms with Crippen molar-refractivity contribution in [3.63, 3.8) is 0 Å². The van der Waals surface area contributed by atoms with Crippen LogP contribution in [0.25, 0.3) is 0 Å². The van der Waals surface area contributed by atoms with E-state index < -0.39 is 4.92 Å². The van der Waals surface area contributed by atoms with Gasteiger partial charge in [-0.3, -0.25) is 14.9 Å². The lowest BCUT2D eigenvalue weighted by Crippen LogP contribution is -2.37. The molecule has 6 nitrogen and oxygen atoms in total. The highest BCUT2D eigenvalue weighted by molar-refractivity contribution is 5.79. The third kappa shape index (κ3) is 2.96. The number of anilines is 1. The maximum absolute atomic E-state index is 11.1. The fourth-order valence-electron chi connectivity index (χ4n) is 2.65. The number of hydrogen-bond donors (Lipinski definition) is 1. The number of aliphatic hydroxyl groups excluding tert-OH is 1. The highest BCUT2D eigenvalue weighted by atomic mass is 16.6. The summed E-state index contributed by atoms with van der Waals surface area (Å²) in [6.07, 6.45) is 1.88. The molecule has 0 bridgehead atoms. The number of nitro groups is 1. The van der Waals surface area contributed by atoms with Gasteiger partial charge in [-0.05, 0) is 37.8 Å². The Hall–Kier alpha value is -1.95. The molecule has 1 heterocycles. The van der Waals surface area contributed by atoms with Crippen LogP contribution in [0.2, 0.25) is 0 Å². The SMILES string of the molecule is CC(O)C1CCN(c2ccc(C=O)cc2[N+](=O)[O-])CC1. The Morgan fingerprint density at radius 3 is 2.60 bits per heavy atom. The Kier molecular flexibility index (Phi) is 4.34. The zero-order valence-electron chi connectivity index (χ0n) is 11.4. The van der Waals surface area contributed by atoms with Crippen molar-refractivity contribution in [1.29, 1.82) is 0 Å². The van der Waals surface area contributed by atoms with E-state index in [9.17, 15) is 20.0 Å². The van der Waals surface area contributed by atoms with Gasteiger partial charge in [0, 0.05) is 24.7 Å². The molecule has 20 heavy (non-hydrogen) atoms. The quantitative estimate of drug-likeness (QED) is 0.517. The molecule has 1 aromatic rings. The minimum atomic E-state index is -0.455. The minimum absolute atomic E-state index is 0.0369. The Morgan fingerprint density at radius 1 is 1.45 bits per heavy atom. The molecule has 0 amide bonds. The molecule has 0 spiro atoms. The molecule has 108 valence electrons. The topological polar surface area (TPSA) is 83.7 Å². The highest BCUT2D eigenvalue weighted by Crippen LogP contribution is 2.32. The van der Waals surface area contributed by atoms with Crippen molar-refractivity contribution in [2.45, 2.75) is 25.9 Å². The smallest absolute Gasteiger partial charge is 0.293 e. The van der Waals surface area contributed by atoms with Gasteiger partial charge in [-0.1, -0.05) is 0 Å². The predicted molar refractivity (Wildman–Crippen MR) is 75.1 cm³/mol. The van der Waals surface area contributed by atoms with Gasteiger partial charge in [0.25, 0.3) is 5.69 Å². The van der Waals surface area contributed by atoms with Crippen LogP contribution in [-0.2, 0) is 0 Å². The molecule has 6 heteroatoms. The lowest BCUT2D eigenvalue weighted by atomic mass is 9.92. The van der Waals surface area contributed by atoms with Crippen molar-refractivity contribution in [3.05, 3.63) is 33.9 Å². The molecule has 0 saturated carbocycles. The van der Waals surface area contributed by atoms with E-state index in [0.29, 0.717) is 30.6 Å². The molecule has 1 aromatic carbocycles. The molecule has 1 aliphatic rings. The van der Waals surface area contributed by atoms with Gasteiger partial charge in [0.2, 0.25) is 0 Å². The lowest BCUT2D eigenvalue weighted by Gasteiger charge is -2.34. The maximum Gasteiger partial charge on any atom is 0.293 e. The van der Waals surface area contributed by atoms with Crippen LogP contribution in [0.1, 0.15) is 30.1 Å². The van der Waals surface area contributed by atoms with Crippen LogP contribution in [0.15, 0.2) is 18.2 Å². The number of carbonyl (C=O) groups excluding carboxylic acids is 1. The number of nitro benzene ring substituents is 1. The number of piperidine rings is 1. The molecule has 0 radical (unpaired) electrons. The molecule has 1 unspecified atom stereocenters. The van der Waals surface area contributed by atoms with Gasteiger partial charge in [-0.15, -0.1) is 0 Å². The van der Waals surface area contributed by atoms with Gasteiger partial charge in [0.15, 0.2) is 0 Å². The number of aliphatic hydroxyl groups is 1. The van der Waals surface area contributed by atoms with Gasteiger partial charge in [-0.2, -0.15) is 0 Å². The third-order valence-corrected chi connectivity index (χ3v) is 3.89. The molecule has 1 fully saturated rings. The Labute approximate surface area is 117 Å². The molecule has 0 aliphatic carbocycles. The van der Waals surface area contributed by atoms with Crippen LogP contribution in [0.4, 0.5) is 11.4 Å². The predicted octanol–water partition coefficient (Wildman–Crippen LogP) is 2.00. The van der Waals surface area contributed by atoms with Crippen LogP contribution in [-0.4, -0.2) is 35.5 Å². The fraction of sp³-hybridized carbons (Fsp3) is 0.500. The number of benzene rings is 1. The molecule has 1 saturated heterocycles. The first-order valence-corrected chi connectivity index (χ1v) is 6.69. The van der Waals surface area contributed by atoms with Crippen LogP contribution in [0.3, 0.4) is 0 Å². The molecule has 2 rings (SSSR count). The highest BCUT2D eigenvalue weighted by Gasteiger charge is 2.26. The molecule has 0 aromatic heterocycles. The number of rotatable bonds is 4. The summed E-state index contributed by atoms with van der Waals surface area (Å²) in [6.45, 7) is 3.13. The van der Waals surface area contributed by atoms with Gasteiger partial charge in [0.05, 0.1) is 11.0 Å². The Morgan fingerprint density at radius 2 is 2.10 bits per heavy atom. The van der Waals surface area contributed by atoms with E-state index in [-0.39, 0.29) is 17.7 Å². The fourth-order valence-corrected chi connectivity index (χ4v) is 2.65. The molecular formula is C14H18N2O4. The second kappa shape index (κ2) is 6.00. The first kappa shape index (κ1) is 14.5. The maximum atomic E-state index is 11.1. The van der Waals surface area contributed by atoms with E-state index in [4.69, 9.17) is 0 Å². The van der Waals surface area contributed by atoms with Crippen LogP contribution in [0.5, 0.6) is 0 Å². The summed E-state index contributed by atoms with van der Waals surface area (Å²) >= 11 is 0. The first-order valence-electron chi connectivity index (χ1n) is 6.69. The van der Waals surface area contributed by atoms with E-state index in [1.54, 1.807) is 19.1 Å². The monoisotopic (exact) mass is 278 g/mol. The van der Waals surface area contributed by atoms with Crippen molar-refractivity contribution < 1.29 is 14.8 Å². The largest absolute Gasteiger partial charge is 0.393 e. The van der Waals surface area contributed by atoms with Crippen LogP contribution >= 0.6 is 0 Å². The normalized spacial score (nSPS) is 17.8. The van der Waals surface area contributed by atoms with Crippen molar-refractivity contribution in [3.8, 4) is 0 Å².